The third kappa shape index (κ3) is 3.56. The Labute approximate surface area is 139 Å². The highest BCUT2D eigenvalue weighted by atomic mass is 16.4. The summed E-state index contributed by atoms with van der Waals surface area (Å²) < 4.78 is 0. The maximum atomic E-state index is 12.3. The van der Waals surface area contributed by atoms with E-state index in [-0.39, 0.29) is 12.3 Å². The van der Waals surface area contributed by atoms with E-state index in [2.05, 4.69) is 22.4 Å². The minimum Gasteiger partial charge on any atom is -0.481 e. The number of nitrogens with one attached hydrogen (secondary N) is 2. The number of hydrogen-bond acceptors (Lipinski definition) is 2. The van der Waals surface area contributed by atoms with Crippen LogP contribution in [-0.4, -0.2) is 28.5 Å². The van der Waals surface area contributed by atoms with Gasteiger partial charge in [0.05, 0.1) is 0 Å². The number of unbranched alkanes of at least 4 members (excludes halogenated alkanes) is 2. The first-order valence-electron chi connectivity index (χ1n) is 8.15. The summed E-state index contributed by atoms with van der Waals surface area (Å²) in [5.74, 6) is -0.905. The summed E-state index contributed by atoms with van der Waals surface area (Å²) in [5.41, 5.74) is 1.49. The van der Waals surface area contributed by atoms with Crippen molar-refractivity contribution >= 4 is 33.6 Å². The van der Waals surface area contributed by atoms with Crippen LogP contribution in [0.4, 0.5) is 0 Å². The third-order valence-electron chi connectivity index (χ3n) is 4.13. The highest BCUT2D eigenvalue weighted by Crippen LogP contribution is 2.25. The first kappa shape index (κ1) is 16.1. The molecule has 1 heterocycles. The largest absolute Gasteiger partial charge is 0.481 e. The fraction of sp³-hybridized carbons (Fsp3) is 0.263. The number of benzene rings is 2. The van der Waals surface area contributed by atoms with E-state index in [1.165, 1.54) is 0 Å². The number of aliphatic carboxylic acids is 1. The second-order valence-electron chi connectivity index (χ2n) is 5.89. The molecule has 1 amide bonds. The topological polar surface area (TPSA) is 82.2 Å². The monoisotopic (exact) mass is 324 g/mol. The number of carbonyl (C=O) groups excluding carboxylic acids is 1. The molecule has 0 atom stereocenters. The molecule has 0 saturated carbocycles. The van der Waals surface area contributed by atoms with E-state index in [1.54, 1.807) is 0 Å². The molecule has 0 aliphatic carbocycles. The van der Waals surface area contributed by atoms with Crippen molar-refractivity contribution < 1.29 is 14.7 Å². The molecule has 0 radical (unpaired) electrons. The van der Waals surface area contributed by atoms with Gasteiger partial charge in [-0.05, 0) is 35.7 Å². The number of amides is 1. The molecule has 2 aromatic carbocycles. The van der Waals surface area contributed by atoms with Crippen LogP contribution in [0.2, 0.25) is 0 Å². The SMILES string of the molecule is O=C(O)CCCCCNC(=O)c1cc2c(ccc3ccccc32)[nH]1. The van der Waals surface area contributed by atoms with Crippen LogP contribution in [0.15, 0.2) is 42.5 Å². The molecule has 0 aliphatic rings. The van der Waals surface area contributed by atoms with E-state index in [0.717, 1.165) is 34.5 Å². The zero-order valence-corrected chi connectivity index (χ0v) is 13.3. The van der Waals surface area contributed by atoms with Gasteiger partial charge in [0.2, 0.25) is 0 Å². The summed E-state index contributed by atoms with van der Waals surface area (Å²) >= 11 is 0. The zero-order valence-electron chi connectivity index (χ0n) is 13.3. The van der Waals surface area contributed by atoms with Crippen LogP contribution in [0.5, 0.6) is 0 Å². The molecule has 5 nitrogen and oxygen atoms in total. The van der Waals surface area contributed by atoms with Gasteiger partial charge in [0.15, 0.2) is 0 Å². The lowest BCUT2D eigenvalue weighted by Gasteiger charge is -2.03. The number of H-pyrrole nitrogens is 1. The van der Waals surface area contributed by atoms with E-state index in [1.807, 2.05) is 30.3 Å². The van der Waals surface area contributed by atoms with Crippen molar-refractivity contribution in [3.8, 4) is 0 Å². The molecule has 24 heavy (non-hydrogen) atoms. The minimum absolute atomic E-state index is 0.131. The van der Waals surface area contributed by atoms with Crippen molar-refractivity contribution in [2.75, 3.05) is 6.54 Å². The molecule has 0 spiro atoms. The van der Waals surface area contributed by atoms with E-state index >= 15 is 0 Å². The molecule has 0 unspecified atom stereocenters. The Morgan fingerprint density at radius 3 is 2.67 bits per heavy atom. The van der Waals surface area contributed by atoms with Crippen LogP contribution in [0.3, 0.4) is 0 Å². The second kappa shape index (κ2) is 7.17. The highest BCUT2D eigenvalue weighted by molar-refractivity contribution is 6.09. The molecular weight excluding hydrogens is 304 g/mol. The molecule has 0 bridgehead atoms. The molecule has 0 saturated heterocycles. The average molecular weight is 324 g/mol. The van der Waals surface area contributed by atoms with Gasteiger partial charge >= 0.3 is 5.97 Å². The Hall–Kier alpha value is -2.82. The second-order valence-corrected chi connectivity index (χ2v) is 5.89. The molecule has 3 rings (SSSR count). The lowest BCUT2D eigenvalue weighted by atomic mass is 10.1. The summed E-state index contributed by atoms with van der Waals surface area (Å²) in [4.78, 5) is 25.8. The minimum atomic E-state index is -0.774. The summed E-state index contributed by atoms with van der Waals surface area (Å²) in [6.45, 7) is 0.550. The van der Waals surface area contributed by atoms with Gasteiger partial charge in [-0.15, -0.1) is 0 Å². The fourth-order valence-corrected chi connectivity index (χ4v) is 2.88. The lowest BCUT2D eigenvalue weighted by molar-refractivity contribution is -0.137. The van der Waals surface area contributed by atoms with E-state index < -0.39 is 5.97 Å². The predicted molar refractivity (Wildman–Crippen MR) is 94.2 cm³/mol. The Kier molecular flexibility index (Phi) is 4.79. The molecule has 0 aliphatic heterocycles. The molecule has 3 aromatic rings. The van der Waals surface area contributed by atoms with Crippen LogP contribution in [0, 0.1) is 0 Å². The van der Waals surface area contributed by atoms with Gasteiger partial charge in [0, 0.05) is 23.9 Å². The third-order valence-corrected chi connectivity index (χ3v) is 4.13. The number of carboxylic acid groups (broad SMARTS) is 1. The van der Waals surface area contributed by atoms with Crippen molar-refractivity contribution in [2.45, 2.75) is 25.7 Å². The molecule has 5 heteroatoms. The van der Waals surface area contributed by atoms with E-state index in [9.17, 15) is 9.59 Å². The molecule has 1 aromatic heterocycles. The quantitative estimate of drug-likeness (QED) is 0.580. The standard InChI is InChI=1S/C19H20N2O3/c22-18(23)8-2-1-5-11-20-19(24)17-12-15-14-7-4-3-6-13(14)9-10-16(15)21-17/h3-4,6-7,9-10,12,21H,1-2,5,8,11H2,(H,20,24)(H,22,23). The van der Waals surface area contributed by atoms with Gasteiger partial charge in [0.1, 0.15) is 5.69 Å². The fourth-order valence-electron chi connectivity index (χ4n) is 2.88. The normalized spacial score (nSPS) is 11.0. The van der Waals surface area contributed by atoms with E-state index in [4.69, 9.17) is 5.11 Å². The van der Waals surface area contributed by atoms with Crippen molar-refractivity contribution in [3.63, 3.8) is 0 Å². The van der Waals surface area contributed by atoms with Crippen LogP contribution in [0.25, 0.3) is 21.7 Å². The first-order valence-corrected chi connectivity index (χ1v) is 8.15. The van der Waals surface area contributed by atoms with Crippen LogP contribution in [0.1, 0.15) is 36.2 Å². The number of fused-ring (bicyclic) bond motifs is 3. The van der Waals surface area contributed by atoms with Gasteiger partial charge in [0.25, 0.3) is 5.91 Å². The Morgan fingerprint density at radius 1 is 1.00 bits per heavy atom. The van der Waals surface area contributed by atoms with Gasteiger partial charge in [-0.1, -0.05) is 36.8 Å². The number of aromatic nitrogens is 1. The molecule has 3 N–H and O–H groups in total. The summed E-state index contributed by atoms with van der Waals surface area (Å²) in [5, 5.41) is 14.8. The summed E-state index contributed by atoms with van der Waals surface area (Å²) in [6, 6.07) is 14.0. The molecular formula is C19H20N2O3. The number of hydrogen-bond donors (Lipinski definition) is 3. The van der Waals surface area contributed by atoms with Crippen LogP contribution in [-0.2, 0) is 4.79 Å². The van der Waals surface area contributed by atoms with Gasteiger partial charge in [-0.25, -0.2) is 0 Å². The summed E-state index contributed by atoms with van der Waals surface area (Å²) in [6.07, 6.45) is 2.40. The van der Waals surface area contributed by atoms with Gasteiger partial charge in [-0.2, -0.15) is 0 Å². The summed E-state index contributed by atoms with van der Waals surface area (Å²) in [7, 11) is 0. The number of carboxylic acids is 1. The van der Waals surface area contributed by atoms with Crippen LogP contribution >= 0.6 is 0 Å². The Morgan fingerprint density at radius 2 is 1.83 bits per heavy atom. The predicted octanol–water partition coefficient (Wildman–Crippen LogP) is 3.70. The van der Waals surface area contributed by atoms with Gasteiger partial charge in [-0.3, -0.25) is 9.59 Å². The average Bonchev–Trinajstić information content (AvgIpc) is 3.02. The molecule has 124 valence electrons. The maximum absolute atomic E-state index is 12.3. The molecule has 0 fully saturated rings. The van der Waals surface area contributed by atoms with Crippen molar-refractivity contribution in [2.24, 2.45) is 0 Å². The van der Waals surface area contributed by atoms with E-state index in [0.29, 0.717) is 18.7 Å². The van der Waals surface area contributed by atoms with Crippen molar-refractivity contribution in [1.82, 2.24) is 10.3 Å². The maximum Gasteiger partial charge on any atom is 0.303 e. The van der Waals surface area contributed by atoms with Gasteiger partial charge < -0.3 is 15.4 Å². The number of rotatable bonds is 7. The number of carbonyl (C=O) groups is 2. The first-order chi connectivity index (χ1) is 11.6. The van der Waals surface area contributed by atoms with Crippen molar-refractivity contribution in [1.29, 1.82) is 0 Å². The number of aromatic amines is 1. The Bertz CT molecular complexity index is 883. The highest BCUT2D eigenvalue weighted by Gasteiger charge is 2.10. The smallest absolute Gasteiger partial charge is 0.303 e. The lowest BCUT2D eigenvalue weighted by Crippen LogP contribution is -2.24. The Balaban J connectivity index is 1.63. The van der Waals surface area contributed by atoms with Crippen LogP contribution < -0.4 is 5.32 Å². The van der Waals surface area contributed by atoms with Crippen molar-refractivity contribution in [3.05, 3.63) is 48.2 Å². The zero-order chi connectivity index (χ0) is 16.9.